The van der Waals surface area contributed by atoms with Gasteiger partial charge in [0, 0.05) is 41.8 Å². The lowest BCUT2D eigenvalue weighted by Gasteiger charge is -2.24. The molecule has 35 heavy (non-hydrogen) atoms. The topological polar surface area (TPSA) is 34.1 Å². The Bertz CT molecular complexity index is 1470. The van der Waals surface area contributed by atoms with Crippen LogP contribution in [-0.2, 0) is 5.41 Å². The first-order chi connectivity index (χ1) is 16.7. The van der Waals surface area contributed by atoms with E-state index in [1.54, 1.807) is 30.3 Å². The van der Waals surface area contributed by atoms with Gasteiger partial charge >= 0.3 is 0 Å². The van der Waals surface area contributed by atoms with Crippen LogP contribution in [0.3, 0.4) is 0 Å². The van der Waals surface area contributed by atoms with Gasteiger partial charge in [-0.1, -0.05) is 86.8 Å². The SMILES string of the molecule is CC(C)(C)c1ccccc1Sc1cccc2c1C(=O)c1cccc(Sc3ccc(F)cc3)c1C2=O. The van der Waals surface area contributed by atoms with E-state index in [9.17, 15) is 14.0 Å². The number of rotatable bonds is 4. The van der Waals surface area contributed by atoms with Gasteiger partial charge in [-0.15, -0.1) is 0 Å². The van der Waals surface area contributed by atoms with Crippen LogP contribution in [0.15, 0.2) is 105 Å². The van der Waals surface area contributed by atoms with Gasteiger partial charge in [-0.3, -0.25) is 9.59 Å². The molecule has 0 fully saturated rings. The van der Waals surface area contributed by atoms with Crippen LogP contribution in [0.2, 0.25) is 0 Å². The molecule has 2 nitrogen and oxygen atoms in total. The fourth-order valence-corrected chi connectivity index (χ4v) is 6.57. The quantitative estimate of drug-likeness (QED) is 0.250. The van der Waals surface area contributed by atoms with E-state index in [0.717, 1.165) is 14.7 Å². The molecule has 0 unspecified atom stereocenters. The Morgan fingerprint density at radius 1 is 0.600 bits per heavy atom. The number of hydrogen-bond acceptors (Lipinski definition) is 4. The van der Waals surface area contributed by atoms with Gasteiger partial charge in [-0.2, -0.15) is 0 Å². The van der Waals surface area contributed by atoms with Crippen molar-refractivity contribution in [3.05, 3.63) is 119 Å². The summed E-state index contributed by atoms with van der Waals surface area (Å²) in [5, 5.41) is 0. The maximum absolute atomic E-state index is 13.8. The maximum Gasteiger partial charge on any atom is 0.195 e. The minimum absolute atomic E-state index is 0.0582. The van der Waals surface area contributed by atoms with Gasteiger partial charge in [0.2, 0.25) is 0 Å². The molecule has 1 aliphatic carbocycles. The highest BCUT2D eigenvalue weighted by molar-refractivity contribution is 7.99. The standard InChI is InChI=1S/C30H23FO2S2/c1-30(2,3)22-10-4-5-11-23(22)35-25-13-7-9-21-27(25)29(33)20-8-6-12-24(26(20)28(21)32)34-19-16-14-18(31)15-17-19/h4-17H,1-3H3. The summed E-state index contributed by atoms with van der Waals surface area (Å²) in [6.07, 6.45) is 0. The van der Waals surface area contributed by atoms with Crippen molar-refractivity contribution in [1.82, 2.24) is 0 Å². The predicted molar refractivity (Wildman–Crippen MR) is 140 cm³/mol. The summed E-state index contributed by atoms with van der Waals surface area (Å²) in [5.74, 6) is -0.624. The lowest BCUT2D eigenvalue weighted by molar-refractivity contribution is 0.0974. The van der Waals surface area contributed by atoms with Crippen LogP contribution in [0.1, 0.15) is 58.2 Å². The van der Waals surface area contributed by atoms with Crippen LogP contribution in [0.4, 0.5) is 4.39 Å². The normalized spacial score (nSPS) is 12.9. The number of carbonyl (C=O) groups is 2. The van der Waals surface area contributed by atoms with E-state index in [2.05, 4.69) is 32.9 Å². The molecule has 5 rings (SSSR count). The Balaban J connectivity index is 1.58. The van der Waals surface area contributed by atoms with Crippen molar-refractivity contribution < 1.29 is 14.0 Å². The Morgan fingerprint density at radius 3 is 1.69 bits per heavy atom. The van der Waals surface area contributed by atoms with Gasteiger partial charge in [0.25, 0.3) is 0 Å². The molecule has 0 radical (unpaired) electrons. The van der Waals surface area contributed by atoms with Crippen molar-refractivity contribution in [3.63, 3.8) is 0 Å². The molecular weight excluding hydrogens is 475 g/mol. The van der Waals surface area contributed by atoms with Gasteiger partial charge in [0.05, 0.1) is 0 Å². The molecule has 0 aromatic heterocycles. The summed E-state index contributed by atoms with van der Waals surface area (Å²) >= 11 is 2.89. The molecule has 0 saturated heterocycles. The molecule has 0 atom stereocenters. The first kappa shape index (κ1) is 23.6. The summed E-state index contributed by atoms with van der Waals surface area (Å²) in [4.78, 5) is 30.8. The maximum atomic E-state index is 13.8. The van der Waals surface area contributed by atoms with Gasteiger partial charge in [-0.05, 0) is 53.4 Å². The third kappa shape index (κ3) is 4.46. The van der Waals surface area contributed by atoms with Crippen molar-refractivity contribution in [2.75, 3.05) is 0 Å². The molecule has 174 valence electrons. The summed E-state index contributed by atoms with van der Waals surface area (Å²) in [7, 11) is 0. The predicted octanol–water partition coefficient (Wildman–Crippen LogP) is 8.20. The minimum atomic E-state index is -0.317. The van der Waals surface area contributed by atoms with Gasteiger partial charge in [0.1, 0.15) is 5.82 Å². The Morgan fingerprint density at radius 2 is 1.11 bits per heavy atom. The van der Waals surface area contributed by atoms with Crippen LogP contribution in [0.25, 0.3) is 0 Å². The molecule has 1 aliphatic rings. The number of halogens is 1. The fraction of sp³-hybridized carbons (Fsp3) is 0.133. The van der Waals surface area contributed by atoms with Gasteiger partial charge in [-0.25, -0.2) is 4.39 Å². The lowest BCUT2D eigenvalue weighted by atomic mass is 9.84. The van der Waals surface area contributed by atoms with Crippen molar-refractivity contribution in [3.8, 4) is 0 Å². The largest absolute Gasteiger partial charge is 0.289 e. The van der Waals surface area contributed by atoms with Crippen molar-refractivity contribution >= 4 is 35.1 Å². The Kier molecular flexibility index (Phi) is 6.16. The molecular formula is C30H23FO2S2. The van der Waals surface area contributed by atoms with E-state index >= 15 is 0 Å². The minimum Gasteiger partial charge on any atom is -0.289 e. The molecule has 4 aromatic rings. The van der Waals surface area contributed by atoms with Crippen molar-refractivity contribution in [1.29, 1.82) is 0 Å². The van der Waals surface area contributed by atoms with Gasteiger partial charge in [0.15, 0.2) is 11.6 Å². The lowest BCUT2D eigenvalue weighted by Crippen LogP contribution is -2.22. The molecule has 0 bridgehead atoms. The molecule has 4 aromatic carbocycles. The summed E-state index contributed by atoms with van der Waals surface area (Å²) < 4.78 is 13.4. The van der Waals surface area contributed by atoms with Crippen LogP contribution < -0.4 is 0 Å². The molecule has 0 saturated carbocycles. The number of ketones is 2. The van der Waals surface area contributed by atoms with E-state index in [0.29, 0.717) is 27.1 Å². The van der Waals surface area contributed by atoms with Crippen LogP contribution in [-0.4, -0.2) is 11.6 Å². The third-order valence-electron chi connectivity index (χ3n) is 5.95. The second kappa shape index (κ2) is 9.14. The van der Waals surface area contributed by atoms with Crippen molar-refractivity contribution in [2.45, 2.75) is 45.8 Å². The average molecular weight is 499 g/mol. The smallest absolute Gasteiger partial charge is 0.195 e. The van der Waals surface area contributed by atoms with E-state index < -0.39 is 0 Å². The molecule has 0 aliphatic heterocycles. The second-order valence-corrected chi connectivity index (χ2v) is 11.6. The summed E-state index contributed by atoms with van der Waals surface area (Å²) in [5.41, 5.74) is 2.84. The molecule has 0 heterocycles. The number of benzene rings is 4. The molecule has 5 heteroatoms. The van der Waals surface area contributed by atoms with Crippen LogP contribution in [0.5, 0.6) is 0 Å². The Labute approximate surface area is 213 Å². The van der Waals surface area contributed by atoms with E-state index in [-0.39, 0.29) is 22.8 Å². The Hall–Kier alpha value is -3.15. The third-order valence-corrected chi connectivity index (χ3v) is 8.16. The molecule has 0 amide bonds. The first-order valence-corrected chi connectivity index (χ1v) is 12.9. The average Bonchev–Trinajstić information content (AvgIpc) is 2.83. The van der Waals surface area contributed by atoms with Gasteiger partial charge < -0.3 is 0 Å². The highest BCUT2D eigenvalue weighted by Crippen LogP contribution is 2.43. The van der Waals surface area contributed by atoms with Crippen LogP contribution >= 0.6 is 23.5 Å². The molecule has 0 N–H and O–H groups in total. The first-order valence-electron chi connectivity index (χ1n) is 11.3. The second-order valence-electron chi connectivity index (χ2n) is 9.42. The van der Waals surface area contributed by atoms with Crippen molar-refractivity contribution in [2.24, 2.45) is 0 Å². The zero-order valence-electron chi connectivity index (χ0n) is 19.6. The van der Waals surface area contributed by atoms with E-state index in [1.807, 2.05) is 30.3 Å². The highest BCUT2D eigenvalue weighted by Gasteiger charge is 2.34. The van der Waals surface area contributed by atoms with E-state index in [1.165, 1.54) is 41.2 Å². The van der Waals surface area contributed by atoms with E-state index in [4.69, 9.17) is 0 Å². The number of hydrogen-bond donors (Lipinski definition) is 0. The zero-order valence-corrected chi connectivity index (χ0v) is 21.2. The number of carbonyl (C=O) groups excluding carboxylic acids is 2. The zero-order chi connectivity index (χ0) is 24.7. The fourth-order valence-electron chi connectivity index (χ4n) is 4.27. The molecule has 0 spiro atoms. The van der Waals surface area contributed by atoms with Crippen LogP contribution in [0, 0.1) is 5.82 Å². The summed E-state index contributed by atoms with van der Waals surface area (Å²) in [6.45, 7) is 6.49. The highest BCUT2D eigenvalue weighted by atomic mass is 32.2. The number of fused-ring (bicyclic) bond motifs is 2. The monoisotopic (exact) mass is 498 g/mol. The summed E-state index contributed by atoms with van der Waals surface area (Å²) in [6, 6.07) is 25.1.